The molecule has 1 aromatic heterocycles. The fraction of sp³-hybridized carbons (Fsp3) is 0.250. The van der Waals surface area contributed by atoms with Crippen LogP contribution in [0.15, 0.2) is 60.8 Å². The number of fused-ring (bicyclic) bond motifs is 3. The van der Waals surface area contributed by atoms with Crippen molar-refractivity contribution in [1.29, 1.82) is 0 Å². The number of alkyl carbamates (subject to hydrolysis) is 1. The van der Waals surface area contributed by atoms with E-state index >= 15 is 0 Å². The largest absolute Gasteiger partial charge is 0.449 e. The molecular formula is C24H22Cl2N2O4. The van der Waals surface area contributed by atoms with Gasteiger partial charge in [-0.15, -0.1) is 0 Å². The topological polar surface area (TPSA) is 91.7 Å². The number of carbonyl (C=O) groups excluding carboxylic acids is 1. The highest BCUT2D eigenvalue weighted by Gasteiger charge is 2.29. The molecule has 2 unspecified atom stereocenters. The number of hydrogen-bond acceptors (Lipinski definition) is 5. The average molecular weight is 473 g/mol. The summed E-state index contributed by atoms with van der Waals surface area (Å²) >= 11 is 11.8. The van der Waals surface area contributed by atoms with Crippen LogP contribution in [0.2, 0.25) is 10.2 Å². The Morgan fingerprint density at radius 3 is 2.34 bits per heavy atom. The van der Waals surface area contributed by atoms with Gasteiger partial charge in [-0.25, -0.2) is 9.78 Å². The maximum absolute atomic E-state index is 12.2. The van der Waals surface area contributed by atoms with Crippen LogP contribution in [-0.2, 0) is 4.74 Å². The highest BCUT2D eigenvalue weighted by atomic mass is 35.5. The molecule has 0 aliphatic heterocycles. The van der Waals surface area contributed by atoms with Crippen molar-refractivity contribution in [3.8, 4) is 11.1 Å². The van der Waals surface area contributed by atoms with Crippen LogP contribution >= 0.6 is 23.2 Å². The lowest BCUT2D eigenvalue weighted by Gasteiger charge is -2.19. The van der Waals surface area contributed by atoms with Gasteiger partial charge in [-0.2, -0.15) is 0 Å². The number of nitrogens with one attached hydrogen (secondary N) is 1. The summed E-state index contributed by atoms with van der Waals surface area (Å²) in [6.45, 7) is 0.315. The maximum Gasteiger partial charge on any atom is 0.407 e. The number of carbonyl (C=O) groups is 1. The highest BCUT2D eigenvalue weighted by molar-refractivity contribution is 6.32. The molecule has 1 aliphatic rings. The lowest BCUT2D eigenvalue weighted by Crippen LogP contribution is -2.30. The van der Waals surface area contributed by atoms with Crippen molar-refractivity contribution in [2.45, 2.75) is 24.5 Å². The summed E-state index contributed by atoms with van der Waals surface area (Å²) in [5, 5.41) is 23.5. The van der Waals surface area contributed by atoms with Crippen LogP contribution < -0.4 is 5.32 Å². The summed E-state index contributed by atoms with van der Waals surface area (Å²) in [6, 6.07) is 17.6. The molecule has 0 fully saturated rings. The predicted molar refractivity (Wildman–Crippen MR) is 123 cm³/mol. The Labute approximate surface area is 195 Å². The van der Waals surface area contributed by atoms with Crippen molar-refractivity contribution in [1.82, 2.24) is 10.3 Å². The number of ether oxygens (including phenoxy) is 1. The van der Waals surface area contributed by atoms with E-state index in [-0.39, 0.29) is 36.2 Å². The Morgan fingerprint density at radius 2 is 1.69 bits per heavy atom. The van der Waals surface area contributed by atoms with Gasteiger partial charge in [0.2, 0.25) is 0 Å². The third-order valence-electron chi connectivity index (χ3n) is 5.57. The Bertz CT molecular complexity index is 1080. The van der Waals surface area contributed by atoms with E-state index in [0.717, 1.165) is 22.3 Å². The van der Waals surface area contributed by atoms with Gasteiger partial charge in [0.05, 0.1) is 11.1 Å². The number of pyridine rings is 1. The minimum atomic E-state index is -1.28. The molecule has 8 heteroatoms. The number of nitrogens with zero attached hydrogens (tertiary/aromatic N) is 1. The molecule has 2 aromatic carbocycles. The van der Waals surface area contributed by atoms with Crippen LogP contribution in [0.3, 0.4) is 0 Å². The van der Waals surface area contributed by atoms with Gasteiger partial charge in [-0.3, -0.25) is 0 Å². The number of halogens is 2. The molecule has 32 heavy (non-hydrogen) atoms. The second-order valence-electron chi connectivity index (χ2n) is 7.59. The van der Waals surface area contributed by atoms with Crippen molar-refractivity contribution >= 4 is 29.3 Å². The van der Waals surface area contributed by atoms with E-state index < -0.39 is 18.3 Å². The zero-order chi connectivity index (χ0) is 22.7. The van der Waals surface area contributed by atoms with Crippen molar-refractivity contribution in [3.63, 3.8) is 0 Å². The third-order valence-corrected chi connectivity index (χ3v) is 6.09. The van der Waals surface area contributed by atoms with E-state index in [1.807, 2.05) is 24.3 Å². The van der Waals surface area contributed by atoms with E-state index in [9.17, 15) is 15.0 Å². The van der Waals surface area contributed by atoms with Crippen molar-refractivity contribution in [2.24, 2.45) is 0 Å². The Kier molecular flexibility index (Phi) is 6.96. The van der Waals surface area contributed by atoms with Crippen LogP contribution in [0.1, 0.15) is 35.1 Å². The molecule has 166 valence electrons. The van der Waals surface area contributed by atoms with Crippen LogP contribution in [0.25, 0.3) is 11.1 Å². The summed E-state index contributed by atoms with van der Waals surface area (Å²) in [4.78, 5) is 16.1. The van der Waals surface area contributed by atoms with Crippen molar-refractivity contribution in [3.05, 3.63) is 87.7 Å². The number of hydrogen-bond donors (Lipinski definition) is 3. The number of rotatable bonds is 7. The van der Waals surface area contributed by atoms with E-state index in [4.69, 9.17) is 27.9 Å². The first-order chi connectivity index (χ1) is 15.5. The molecule has 3 N–H and O–H groups in total. The fourth-order valence-corrected chi connectivity index (χ4v) is 4.36. The smallest absolute Gasteiger partial charge is 0.407 e. The van der Waals surface area contributed by atoms with Gasteiger partial charge in [0.1, 0.15) is 17.9 Å². The molecule has 1 aliphatic carbocycles. The molecule has 0 saturated heterocycles. The predicted octanol–water partition coefficient (Wildman–Crippen LogP) is 4.71. The monoisotopic (exact) mass is 472 g/mol. The van der Waals surface area contributed by atoms with Gasteiger partial charge >= 0.3 is 6.09 Å². The van der Waals surface area contributed by atoms with Gasteiger partial charge in [0, 0.05) is 24.2 Å². The normalized spacial score (nSPS) is 14.4. The third kappa shape index (κ3) is 4.74. The van der Waals surface area contributed by atoms with Crippen molar-refractivity contribution in [2.75, 3.05) is 13.2 Å². The number of aliphatic hydroxyl groups excluding tert-OH is 2. The van der Waals surface area contributed by atoms with Gasteiger partial charge in [0.25, 0.3) is 0 Å². The molecule has 4 rings (SSSR count). The first kappa shape index (κ1) is 22.6. The van der Waals surface area contributed by atoms with Crippen molar-refractivity contribution < 1.29 is 19.7 Å². The SMILES string of the molecule is O=C(NCCC(O)C(O)c1cc(Cl)cnc1Cl)OCC1c2ccccc2-c2ccccc21. The van der Waals surface area contributed by atoms with Gasteiger partial charge in [-0.1, -0.05) is 71.7 Å². The fourth-order valence-electron chi connectivity index (χ4n) is 3.98. The molecule has 0 spiro atoms. The molecule has 0 saturated carbocycles. The first-order valence-electron chi connectivity index (χ1n) is 10.2. The van der Waals surface area contributed by atoms with E-state index in [2.05, 4.69) is 34.6 Å². The van der Waals surface area contributed by atoms with Crippen LogP contribution in [0, 0.1) is 0 Å². The van der Waals surface area contributed by atoms with Gasteiger partial charge < -0.3 is 20.3 Å². The molecule has 2 atom stereocenters. The summed E-state index contributed by atoms with van der Waals surface area (Å²) in [6.07, 6.45) is -1.59. The quantitative estimate of drug-likeness (QED) is 0.433. The van der Waals surface area contributed by atoms with Crippen LogP contribution in [0.4, 0.5) is 4.79 Å². The lowest BCUT2D eigenvalue weighted by atomic mass is 9.98. The molecule has 0 radical (unpaired) electrons. The molecule has 1 amide bonds. The first-order valence-corrected chi connectivity index (χ1v) is 11.0. The molecule has 6 nitrogen and oxygen atoms in total. The minimum Gasteiger partial charge on any atom is -0.449 e. The summed E-state index contributed by atoms with van der Waals surface area (Å²) in [5.74, 6) is -0.0296. The summed E-state index contributed by atoms with van der Waals surface area (Å²) in [5.41, 5.74) is 4.80. The molecule has 1 heterocycles. The Hall–Kier alpha value is -2.64. The number of amides is 1. The highest BCUT2D eigenvalue weighted by Crippen LogP contribution is 2.44. The van der Waals surface area contributed by atoms with Crippen LogP contribution in [0.5, 0.6) is 0 Å². The molecule has 0 bridgehead atoms. The number of aliphatic hydroxyl groups is 2. The maximum atomic E-state index is 12.2. The molecule has 3 aromatic rings. The van der Waals surface area contributed by atoms with E-state index in [0.29, 0.717) is 5.02 Å². The lowest BCUT2D eigenvalue weighted by molar-refractivity contribution is 0.0135. The van der Waals surface area contributed by atoms with Crippen LogP contribution in [-0.4, -0.2) is 40.5 Å². The number of benzene rings is 2. The standard InChI is InChI=1S/C24H22Cl2N2O4/c25-14-11-19(23(26)28-12-14)22(30)21(29)9-10-27-24(31)32-13-20-17-7-3-1-5-15(17)16-6-2-4-8-18(16)20/h1-8,11-12,20-22,29-30H,9-10,13H2,(H,27,31). The minimum absolute atomic E-state index is 0.0296. The van der Waals surface area contributed by atoms with E-state index in [1.165, 1.54) is 12.3 Å². The summed E-state index contributed by atoms with van der Waals surface area (Å²) < 4.78 is 5.46. The zero-order valence-electron chi connectivity index (χ0n) is 17.0. The second kappa shape index (κ2) is 9.88. The zero-order valence-corrected chi connectivity index (χ0v) is 18.6. The average Bonchev–Trinajstić information content (AvgIpc) is 3.12. The number of aromatic nitrogens is 1. The van der Waals surface area contributed by atoms with Gasteiger partial charge in [0.15, 0.2) is 0 Å². The Balaban J connectivity index is 1.29. The summed E-state index contributed by atoms with van der Waals surface area (Å²) in [7, 11) is 0. The second-order valence-corrected chi connectivity index (χ2v) is 8.38. The molecular weight excluding hydrogens is 451 g/mol. The van der Waals surface area contributed by atoms with E-state index in [1.54, 1.807) is 0 Å². The Morgan fingerprint density at radius 1 is 1.06 bits per heavy atom. The van der Waals surface area contributed by atoms with Gasteiger partial charge in [-0.05, 0) is 34.7 Å².